The average molecular weight is 400 g/mol. The molecule has 0 saturated heterocycles. The van der Waals surface area contributed by atoms with Gasteiger partial charge in [-0.2, -0.15) is 0 Å². The van der Waals surface area contributed by atoms with E-state index >= 15 is 0 Å². The van der Waals surface area contributed by atoms with E-state index in [-0.39, 0.29) is 11.7 Å². The van der Waals surface area contributed by atoms with Gasteiger partial charge in [0.2, 0.25) is 11.7 Å². The van der Waals surface area contributed by atoms with Crippen LogP contribution in [0, 0.1) is 0 Å². The van der Waals surface area contributed by atoms with Crippen LogP contribution in [0.5, 0.6) is 0 Å². The molecule has 1 aliphatic carbocycles. The molecule has 0 saturated carbocycles. The Morgan fingerprint density at radius 1 is 1.14 bits per heavy atom. The van der Waals surface area contributed by atoms with Gasteiger partial charge in [0.05, 0.1) is 5.56 Å². The van der Waals surface area contributed by atoms with Crippen LogP contribution in [-0.4, -0.2) is 23.8 Å². The number of anilines is 1. The maximum absolute atomic E-state index is 12.9. The lowest BCUT2D eigenvalue weighted by molar-refractivity contribution is -0.114. The number of Topliss-reactive ketones (excluding diaryl/α,β-unsaturated/α-hetero) is 1. The van der Waals surface area contributed by atoms with E-state index in [1.54, 1.807) is 19.1 Å². The molecule has 3 rings (SSSR count). The number of benzene rings is 1. The lowest BCUT2D eigenvalue weighted by Crippen LogP contribution is -2.25. The second-order valence-corrected chi connectivity index (χ2v) is 8.16. The SMILES string of the molecule is CCc1ccc(C(=O)C(C)OC(=O)c2c(NC(C)=O)sc3c2CCCC3)cc1. The molecule has 1 unspecified atom stereocenters. The average Bonchev–Trinajstić information content (AvgIpc) is 3.04. The van der Waals surface area contributed by atoms with Crippen molar-refractivity contribution >= 4 is 34.0 Å². The van der Waals surface area contributed by atoms with Crippen molar-refractivity contribution in [3.63, 3.8) is 0 Å². The predicted octanol–water partition coefficient (Wildman–Crippen LogP) is 4.58. The highest BCUT2D eigenvalue weighted by Gasteiger charge is 2.29. The van der Waals surface area contributed by atoms with Crippen molar-refractivity contribution in [2.24, 2.45) is 0 Å². The summed E-state index contributed by atoms with van der Waals surface area (Å²) in [5.74, 6) is -1.01. The van der Waals surface area contributed by atoms with Crippen LogP contribution in [0.4, 0.5) is 5.00 Å². The van der Waals surface area contributed by atoms with E-state index in [0.29, 0.717) is 16.1 Å². The summed E-state index contributed by atoms with van der Waals surface area (Å²) in [6.07, 6.45) is 3.76. The molecular formula is C22H25NO4S. The molecule has 1 aromatic carbocycles. The van der Waals surface area contributed by atoms with E-state index in [1.807, 2.05) is 12.1 Å². The van der Waals surface area contributed by atoms with Crippen LogP contribution >= 0.6 is 11.3 Å². The highest BCUT2D eigenvalue weighted by Crippen LogP contribution is 2.38. The van der Waals surface area contributed by atoms with Crippen molar-refractivity contribution in [2.75, 3.05) is 5.32 Å². The summed E-state index contributed by atoms with van der Waals surface area (Å²) in [7, 11) is 0. The predicted molar refractivity (Wildman–Crippen MR) is 110 cm³/mol. The second-order valence-electron chi connectivity index (χ2n) is 7.06. The number of hydrogen-bond donors (Lipinski definition) is 1. The van der Waals surface area contributed by atoms with Crippen molar-refractivity contribution in [1.82, 2.24) is 0 Å². The first-order chi connectivity index (χ1) is 13.4. The minimum Gasteiger partial charge on any atom is -0.451 e. The maximum atomic E-state index is 12.9. The minimum atomic E-state index is -0.899. The molecule has 28 heavy (non-hydrogen) atoms. The first-order valence-electron chi connectivity index (χ1n) is 9.67. The van der Waals surface area contributed by atoms with Gasteiger partial charge in [-0.25, -0.2) is 4.79 Å². The fourth-order valence-electron chi connectivity index (χ4n) is 3.44. The maximum Gasteiger partial charge on any atom is 0.342 e. The summed E-state index contributed by atoms with van der Waals surface area (Å²) < 4.78 is 5.52. The molecule has 5 nitrogen and oxygen atoms in total. The molecular weight excluding hydrogens is 374 g/mol. The van der Waals surface area contributed by atoms with Crippen LogP contribution in [0.3, 0.4) is 0 Å². The molecule has 0 fully saturated rings. The summed E-state index contributed by atoms with van der Waals surface area (Å²) in [6.45, 7) is 5.06. The summed E-state index contributed by atoms with van der Waals surface area (Å²) in [4.78, 5) is 38.2. The van der Waals surface area contributed by atoms with E-state index in [1.165, 1.54) is 18.3 Å². The zero-order chi connectivity index (χ0) is 20.3. The summed E-state index contributed by atoms with van der Waals surface area (Å²) in [6, 6.07) is 7.35. The highest BCUT2D eigenvalue weighted by atomic mass is 32.1. The number of ketones is 1. The lowest BCUT2D eigenvalue weighted by Gasteiger charge is -2.16. The largest absolute Gasteiger partial charge is 0.451 e. The summed E-state index contributed by atoms with van der Waals surface area (Å²) in [5, 5.41) is 3.28. The molecule has 0 aliphatic heterocycles. The number of thiophene rings is 1. The number of carbonyl (C=O) groups is 3. The Morgan fingerprint density at radius 2 is 1.82 bits per heavy atom. The fourth-order valence-corrected chi connectivity index (χ4v) is 4.77. The van der Waals surface area contributed by atoms with Crippen LogP contribution in [0.2, 0.25) is 0 Å². The zero-order valence-electron chi connectivity index (χ0n) is 16.5. The molecule has 1 aliphatic rings. The van der Waals surface area contributed by atoms with Crippen molar-refractivity contribution in [1.29, 1.82) is 0 Å². The Balaban J connectivity index is 1.80. The number of carbonyl (C=O) groups excluding carboxylic acids is 3. The Bertz CT molecular complexity index is 898. The second kappa shape index (κ2) is 8.69. The zero-order valence-corrected chi connectivity index (χ0v) is 17.3. The standard InChI is InChI=1S/C22H25NO4S/c1-4-15-9-11-16(12-10-15)20(25)13(2)27-22(26)19-17-7-5-6-8-18(17)28-21(19)23-14(3)24/h9-13H,4-8H2,1-3H3,(H,23,24). The first kappa shape index (κ1) is 20.3. The van der Waals surface area contributed by atoms with Gasteiger partial charge in [0.25, 0.3) is 0 Å². The van der Waals surface area contributed by atoms with Crippen LogP contribution in [-0.2, 0) is 28.8 Å². The van der Waals surface area contributed by atoms with Crippen LogP contribution in [0.25, 0.3) is 0 Å². The third-order valence-corrected chi connectivity index (χ3v) is 6.17. The van der Waals surface area contributed by atoms with E-state index in [9.17, 15) is 14.4 Å². The van der Waals surface area contributed by atoms with Gasteiger partial charge in [0.1, 0.15) is 5.00 Å². The van der Waals surface area contributed by atoms with Gasteiger partial charge in [-0.1, -0.05) is 31.2 Å². The first-order valence-corrected chi connectivity index (χ1v) is 10.5. The van der Waals surface area contributed by atoms with Gasteiger partial charge in [-0.15, -0.1) is 11.3 Å². The van der Waals surface area contributed by atoms with Crippen LogP contribution in [0.15, 0.2) is 24.3 Å². The number of fused-ring (bicyclic) bond motifs is 1. The molecule has 148 valence electrons. The fraction of sp³-hybridized carbons (Fsp3) is 0.409. The Labute approximate surface area is 169 Å². The number of rotatable bonds is 6. The van der Waals surface area contributed by atoms with Crippen LogP contribution in [0.1, 0.15) is 70.3 Å². The molecule has 0 bridgehead atoms. The molecule has 1 N–H and O–H groups in total. The van der Waals surface area contributed by atoms with Crippen molar-refractivity contribution < 1.29 is 19.1 Å². The normalized spacial score (nSPS) is 14.1. The molecule has 1 aromatic heterocycles. The Morgan fingerprint density at radius 3 is 2.46 bits per heavy atom. The smallest absolute Gasteiger partial charge is 0.342 e. The van der Waals surface area contributed by atoms with Crippen LogP contribution < -0.4 is 5.32 Å². The van der Waals surface area contributed by atoms with Crippen molar-refractivity contribution in [3.8, 4) is 0 Å². The van der Waals surface area contributed by atoms with E-state index in [0.717, 1.165) is 48.1 Å². The van der Waals surface area contributed by atoms with Gasteiger partial charge in [-0.05, 0) is 50.2 Å². The number of aryl methyl sites for hydroxylation is 2. The molecule has 0 spiro atoms. The van der Waals surface area contributed by atoms with Crippen molar-refractivity contribution in [2.45, 2.75) is 59.0 Å². The van der Waals surface area contributed by atoms with Gasteiger partial charge in [0.15, 0.2) is 6.10 Å². The number of amides is 1. The third kappa shape index (κ3) is 4.33. The van der Waals surface area contributed by atoms with Crippen molar-refractivity contribution in [3.05, 3.63) is 51.4 Å². The quantitative estimate of drug-likeness (QED) is 0.570. The molecule has 6 heteroatoms. The molecule has 1 atom stereocenters. The monoisotopic (exact) mass is 399 g/mol. The van der Waals surface area contributed by atoms with Gasteiger partial charge >= 0.3 is 5.97 Å². The molecule has 1 amide bonds. The number of ether oxygens (including phenoxy) is 1. The number of nitrogens with one attached hydrogen (secondary N) is 1. The van der Waals surface area contributed by atoms with Gasteiger partial charge in [-0.3, -0.25) is 9.59 Å². The lowest BCUT2D eigenvalue weighted by atomic mass is 9.95. The Hall–Kier alpha value is -2.47. The summed E-state index contributed by atoms with van der Waals surface area (Å²) in [5.41, 5.74) is 3.03. The number of esters is 1. The third-order valence-electron chi connectivity index (χ3n) is 4.96. The van der Waals surface area contributed by atoms with Gasteiger partial charge < -0.3 is 10.1 Å². The van der Waals surface area contributed by atoms with E-state index in [4.69, 9.17) is 4.74 Å². The minimum absolute atomic E-state index is 0.229. The molecule has 2 aromatic rings. The topological polar surface area (TPSA) is 72.5 Å². The number of hydrogen-bond acceptors (Lipinski definition) is 5. The summed E-state index contributed by atoms with van der Waals surface area (Å²) >= 11 is 1.44. The van der Waals surface area contributed by atoms with Gasteiger partial charge in [0, 0.05) is 17.4 Å². The Kier molecular flexibility index (Phi) is 6.29. The highest BCUT2D eigenvalue weighted by molar-refractivity contribution is 7.17. The van der Waals surface area contributed by atoms with E-state index in [2.05, 4.69) is 12.2 Å². The molecule has 1 heterocycles. The van der Waals surface area contributed by atoms with E-state index < -0.39 is 12.1 Å². The molecule has 0 radical (unpaired) electrons.